The van der Waals surface area contributed by atoms with Crippen LogP contribution in [0.5, 0.6) is 0 Å². The molecule has 4 heteroatoms. The Balaban J connectivity index is 1.72. The summed E-state index contributed by atoms with van der Waals surface area (Å²) >= 11 is 0. The SMILES string of the molecule is C[C@@H]1CC[C@@H]2[C@H](C[N+](C)(C)C)C(=O)O[C@]23[C@H]1CC[C@@]1(C)O[C@@H]31. The van der Waals surface area contributed by atoms with Crippen LogP contribution in [0.25, 0.3) is 0 Å². The second kappa shape index (κ2) is 4.27. The maximum Gasteiger partial charge on any atom is 0.315 e. The zero-order valence-electron chi connectivity index (χ0n) is 14.6. The van der Waals surface area contributed by atoms with E-state index in [1.54, 1.807) is 0 Å². The van der Waals surface area contributed by atoms with Crippen molar-refractivity contribution < 1.29 is 18.8 Å². The highest BCUT2D eigenvalue weighted by Gasteiger charge is 2.77. The summed E-state index contributed by atoms with van der Waals surface area (Å²) in [6.07, 6.45) is 4.76. The summed E-state index contributed by atoms with van der Waals surface area (Å²) in [7, 11) is 6.50. The number of nitrogens with zero attached hydrogens (tertiary/aromatic N) is 1. The molecule has 0 unspecified atom stereocenters. The number of esters is 1. The second-order valence-corrected chi connectivity index (χ2v) is 9.47. The lowest BCUT2D eigenvalue weighted by atomic mass is 9.55. The number of carbonyl (C=O) groups is 1. The zero-order valence-corrected chi connectivity index (χ0v) is 14.6. The van der Waals surface area contributed by atoms with E-state index in [4.69, 9.17) is 9.47 Å². The number of carbonyl (C=O) groups excluding carboxylic acids is 1. The van der Waals surface area contributed by atoms with E-state index >= 15 is 0 Å². The van der Waals surface area contributed by atoms with Crippen LogP contribution in [0.3, 0.4) is 0 Å². The Morgan fingerprint density at radius 1 is 1.18 bits per heavy atom. The summed E-state index contributed by atoms with van der Waals surface area (Å²) in [5.74, 6) is 1.57. The summed E-state index contributed by atoms with van der Waals surface area (Å²) in [4.78, 5) is 12.8. The standard InChI is InChI=1S/C18H30NO3/c1-11-6-7-14-12(10-19(3,4)5)15(20)21-18(14)13(11)8-9-17(2)16(18)22-17/h11-14,16H,6-10H2,1-5H3/q+1/t11-,12+,13+,14-,16-,17-,18-/m1/s1. The number of epoxide rings is 1. The van der Waals surface area contributed by atoms with E-state index in [-0.39, 0.29) is 29.2 Å². The maximum absolute atomic E-state index is 12.8. The van der Waals surface area contributed by atoms with Crippen LogP contribution in [-0.2, 0) is 14.3 Å². The lowest BCUT2D eigenvalue weighted by Crippen LogP contribution is -2.58. The third-order valence-corrected chi connectivity index (χ3v) is 6.84. The molecule has 2 aliphatic heterocycles. The number of ether oxygens (including phenoxy) is 2. The number of hydrogen-bond donors (Lipinski definition) is 0. The molecular weight excluding hydrogens is 278 g/mol. The van der Waals surface area contributed by atoms with Crippen molar-refractivity contribution in [1.29, 1.82) is 0 Å². The zero-order chi connectivity index (χ0) is 15.9. The van der Waals surface area contributed by atoms with E-state index in [1.807, 2.05) is 0 Å². The molecule has 0 aromatic carbocycles. The summed E-state index contributed by atoms with van der Waals surface area (Å²) in [6, 6.07) is 0. The Hall–Kier alpha value is -0.610. The molecule has 4 aliphatic rings. The highest BCUT2D eigenvalue weighted by atomic mass is 16.7. The van der Waals surface area contributed by atoms with E-state index < -0.39 is 0 Å². The van der Waals surface area contributed by atoms with Crippen LogP contribution >= 0.6 is 0 Å². The molecule has 22 heavy (non-hydrogen) atoms. The van der Waals surface area contributed by atoms with Crippen molar-refractivity contribution in [1.82, 2.24) is 0 Å². The van der Waals surface area contributed by atoms with Gasteiger partial charge in [0.1, 0.15) is 17.6 Å². The van der Waals surface area contributed by atoms with Gasteiger partial charge in [0.05, 0.1) is 33.3 Å². The molecule has 2 heterocycles. The van der Waals surface area contributed by atoms with E-state index in [2.05, 4.69) is 35.0 Å². The molecule has 0 bridgehead atoms. The number of rotatable bonds is 2. The fraction of sp³-hybridized carbons (Fsp3) is 0.944. The van der Waals surface area contributed by atoms with Gasteiger partial charge >= 0.3 is 5.97 Å². The smallest absolute Gasteiger partial charge is 0.315 e. The van der Waals surface area contributed by atoms with Gasteiger partial charge in [-0.05, 0) is 38.5 Å². The van der Waals surface area contributed by atoms with Gasteiger partial charge in [-0.15, -0.1) is 0 Å². The summed E-state index contributed by atoms with van der Waals surface area (Å²) in [5, 5.41) is 0. The Morgan fingerprint density at radius 3 is 2.59 bits per heavy atom. The van der Waals surface area contributed by atoms with Crippen LogP contribution < -0.4 is 0 Å². The largest absolute Gasteiger partial charge is 0.455 e. The van der Waals surface area contributed by atoms with Crippen LogP contribution in [0.4, 0.5) is 0 Å². The normalized spacial score (nSPS) is 53.3. The Morgan fingerprint density at radius 2 is 1.91 bits per heavy atom. The molecular formula is C18H30NO3+. The van der Waals surface area contributed by atoms with Crippen molar-refractivity contribution in [3.05, 3.63) is 0 Å². The molecule has 0 radical (unpaired) electrons. The van der Waals surface area contributed by atoms with Crippen molar-refractivity contribution in [2.45, 2.75) is 56.8 Å². The molecule has 4 nitrogen and oxygen atoms in total. The van der Waals surface area contributed by atoms with Crippen LogP contribution in [-0.4, -0.2) is 55.4 Å². The minimum atomic E-state index is -0.318. The minimum Gasteiger partial charge on any atom is -0.455 e. The highest BCUT2D eigenvalue weighted by Crippen LogP contribution is 2.66. The molecule has 4 rings (SSSR count). The summed E-state index contributed by atoms with van der Waals surface area (Å²) in [6.45, 7) is 5.42. The van der Waals surface area contributed by atoms with Gasteiger partial charge < -0.3 is 14.0 Å². The van der Waals surface area contributed by atoms with Crippen molar-refractivity contribution in [2.24, 2.45) is 23.7 Å². The van der Waals surface area contributed by atoms with Crippen molar-refractivity contribution >= 4 is 5.97 Å². The van der Waals surface area contributed by atoms with Gasteiger partial charge in [0.25, 0.3) is 0 Å². The van der Waals surface area contributed by atoms with Crippen molar-refractivity contribution in [3.63, 3.8) is 0 Å². The van der Waals surface area contributed by atoms with Gasteiger partial charge in [0.15, 0.2) is 0 Å². The molecule has 1 spiro atoms. The molecule has 2 saturated heterocycles. The average molecular weight is 308 g/mol. The molecule has 0 N–H and O–H groups in total. The van der Waals surface area contributed by atoms with E-state index in [9.17, 15) is 4.79 Å². The minimum absolute atomic E-state index is 0.0302. The van der Waals surface area contributed by atoms with Gasteiger partial charge in [-0.25, -0.2) is 0 Å². The van der Waals surface area contributed by atoms with E-state index in [0.717, 1.165) is 30.3 Å². The van der Waals surface area contributed by atoms with Gasteiger partial charge in [0, 0.05) is 11.8 Å². The molecule has 2 aliphatic carbocycles. The van der Waals surface area contributed by atoms with Crippen LogP contribution in [0.15, 0.2) is 0 Å². The molecule has 4 fully saturated rings. The first kappa shape index (κ1) is 14.9. The fourth-order valence-electron chi connectivity index (χ4n) is 5.85. The van der Waals surface area contributed by atoms with Gasteiger partial charge in [-0.2, -0.15) is 0 Å². The summed E-state index contributed by atoms with van der Waals surface area (Å²) < 4.78 is 13.2. The van der Waals surface area contributed by atoms with Crippen molar-refractivity contribution in [2.75, 3.05) is 27.7 Å². The topological polar surface area (TPSA) is 38.8 Å². The molecule has 124 valence electrons. The molecule has 0 aromatic rings. The molecule has 0 amide bonds. The van der Waals surface area contributed by atoms with Gasteiger partial charge in [0.2, 0.25) is 0 Å². The third-order valence-electron chi connectivity index (χ3n) is 6.84. The first-order valence-electron chi connectivity index (χ1n) is 8.88. The third kappa shape index (κ3) is 1.86. The quantitative estimate of drug-likeness (QED) is 0.446. The predicted octanol–water partition coefficient (Wildman–Crippen LogP) is 2.22. The van der Waals surface area contributed by atoms with E-state index in [1.165, 1.54) is 6.42 Å². The maximum atomic E-state index is 12.8. The first-order valence-corrected chi connectivity index (χ1v) is 8.88. The molecule has 2 saturated carbocycles. The predicted molar refractivity (Wildman–Crippen MR) is 83.1 cm³/mol. The Labute approximate surface area is 133 Å². The second-order valence-electron chi connectivity index (χ2n) is 9.47. The monoisotopic (exact) mass is 308 g/mol. The van der Waals surface area contributed by atoms with Gasteiger partial charge in [-0.1, -0.05) is 6.92 Å². The lowest BCUT2D eigenvalue weighted by Gasteiger charge is -2.50. The lowest BCUT2D eigenvalue weighted by molar-refractivity contribution is -0.873. The van der Waals surface area contributed by atoms with Crippen LogP contribution in [0, 0.1) is 23.7 Å². The first-order chi connectivity index (χ1) is 10.2. The highest BCUT2D eigenvalue weighted by molar-refractivity contribution is 5.77. The number of fused-ring (bicyclic) bond motifs is 1. The Kier molecular flexibility index (Phi) is 2.90. The average Bonchev–Trinajstić information content (AvgIpc) is 3.02. The number of quaternary nitrogens is 1. The van der Waals surface area contributed by atoms with Crippen LogP contribution in [0.2, 0.25) is 0 Å². The van der Waals surface area contributed by atoms with Crippen LogP contribution in [0.1, 0.15) is 39.5 Å². The van der Waals surface area contributed by atoms with Crippen molar-refractivity contribution in [3.8, 4) is 0 Å². The summed E-state index contributed by atoms with van der Waals surface area (Å²) in [5.41, 5.74) is -0.348. The fourth-order valence-corrected chi connectivity index (χ4v) is 5.85. The van der Waals surface area contributed by atoms with E-state index in [0.29, 0.717) is 17.8 Å². The Bertz CT molecular complexity index is 513. The molecule has 0 aromatic heterocycles. The van der Waals surface area contributed by atoms with Gasteiger partial charge in [-0.3, -0.25) is 4.79 Å². The number of hydrogen-bond acceptors (Lipinski definition) is 3. The molecule has 7 atom stereocenters.